The fraction of sp³-hybridized carbons (Fsp3) is 1.00. The molecule has 0 saturated heterocycles. The van der Waals surface area contributed by atoms with Crippen molar-refractivity contribution in [2.45, 2.75) is 78.4 Å². The third kappa shape index (κ3) is 6.11. The zero-order chi connectivity index (χ0) is 15.2. The molecule has 0 amide bonds. The maximum Gasteiger partial charge on any atom is 0.0611 e. The Balaban J connectivity index is 2.35. The molecule has 0 aromatic carbocycles. The Morgan fingerprint density at radius 1 is 1.35 bits per heavy atom. The largest absolute Gasteiger partial charge is 0.394 e. The van der Waals surface area contributed by atoms with Crippen LogP contribution in [0.15, 0.2) is 0 Å². The Labute approximate surface area is 125 Å². The van der Waals surface area contributed by atoms with Crippen LogP contribution < -0.4 is 5.32 Å². The highest BCUT2D eigenvalue weighted by Gasteiger charge is 2.32. The van der Waals surface area contributed by atoms with Crippen molar-refractivity contribution in [3.05, 3.63) is 0 Å². The van der Waals surface area contributed by atoms with Gasteiger partial charge in [-0.05, 0) is 56.9 Å². The predicted molar refractivity (Wildman–Crippen MR) is 84.9 cm³/mol. The first-order valence-electron chi connectivity index (χ1n) is 8.28. The molecule has 3 unspecified atom stereocenters. The summed E-state index contributed by atoms with van der Waals surface area (Å²) in [6.45, 7) is 13.1. The van der Waals surface area contributed by atoms with Crippen LogP contribution in [0.1, 0.15) is 66.7 Å². The van der Waals surface area contributed by atoms with Crippen molar-refractivity contribution in [1.29, 1.82) is 0 Å². The molecule has 0 bridgehead atoms. The van der Waals surface area contributed by atoms with Gasteiger partial charge in [0.15, 0.2) is 0 Å². The highest BCUT2D eigenvalue weighted by molar-refractivity contribution is 4.85. The summed E-state index contributed by atoms with van der Waals surface area (Å²) in [4.78, 5) is 0. The van der Waals surface area contributed by atoms with Crippen molar-refractivity contribution in [3.8, 4) is 0 Å². The van der Waals surface area contributed by atoms with Gasteiger partial charge in [0.1, 0.15) is 0 Å². The van der Waals surface area contributed by atoms with Crippen LogP contribution in [0.4, 0.5) is 0 Å². The van der Waals surface area contributed by atoms with Crippen LogP contribution in [-0.2, 0) is 4.74 Å². The van der Waals surface area contributed by atoms with Crippen LogP contribution in [0.5, 0.6) is 0 Å². The lowest BCUT2D eigenvalue weighted by Crippen LogP contribution is -2.47. The van der Waals surface area contributed by atoms with Crippen molar-refractivity contribution < 1.29 is 9.84 Å². The van der Waals surface area contributed by atoms with E-state index in [9.17, 15) is 5.11 Å². The van der Waals surface area contributed by atoms with E-state index >= 15 is 0 Å². The molecule has 0 radical (unpaired) electrons. The van der Waals surface area contributed by atoms with Gasteiger partial charge < -0.3 is 15.2 Å². The number of aliphatic hydroxyl groups is 1. The molecule has 1 rings (SSSR count). The molecule has 120 valence electrons. The number of nitrogens with one attached hydrogen (secondary N) is 1. The molecule has 1 aliphatic carbocycles. The number of aliphatic hydroxyl groups excluding tert-OH is 1. The standard InChI is InChI=1S/C17H35NO2/c1-6-8-18-17(5,13-19)7-9-20-15-10-14(2)11-16(3,4)12-15/h14-15,18-19H,6-13H2,1-5H3. The van der Waals surface area contributed by atoms with Crippen molar-refractivity contribution >= 4 is 0 Å². The smallest absolute Gasteiger partial charge is 0.0611 e. The molecule has 2 N–H and O–H groups in total. The van der Waals surface area contributed by atoms with E-state index in [1.807, 2.05) is 0 Å². The number of ether oxygens (including phenoxy) is 1. The molecule has 1 fully saturated rings. The van der Waals surface area contributed by atoms with E-state index in [1.54, 1.807) is 0 Å². The summed E-state index contributed by atoms with van der Waals surface area (Å²) in [5.41, 5.74) is 0.203. The SMILES string of the molecule is CCCNC(C)(CO)CCOC1CC(C)CC(C)(C)C1. The monoisotopic (exact) mass is 285 g/mol. The lowest BCUT2D eigenvalue weighted by Gasteiger charge is -2.39. The van der Waals surface area contributed by atoms with Crippen LogP contribution in [-0.4, -0.2) is 36.5 Å². The molecule has 0 aliphatic heterocycles. The van der Waals surface area contributed by atoms with Gasteiger partial charge in [-0.3, -0.25) is 0 Å². The summed E-state index contributed by atoms with van der Waals surface area (Å²) in [5.74, 6) is 0.756. The maximum atomic E-state index is 9.56. The molecule has 0 aromatic rings. The van der Waals surface area contributed by atoms with Gasteiger partial charge in [0, 0.05) is 12.1 Å². The molecule has 1 saturated carbocycles. The molecule has 20 heavy (non-hydrogen) atoms. The van der Waals surface area contributed by atoms with Gasteiger partial charge in [0.2, 0.25) is 0 Å². The average molecular weight is 285 g/mol. The van der Waals surface area contributed by atoms with E-state index in [4.69, 9.17) is 4.74 Å². The number of hydrogen-bond donors (Lipinski definition) is 2. The third-order valence-electron chi connectivity index (χ3n) is 4.50. The van der Waals surface area contributed by atoms with E-state index in [0.717, 1.165) is 38.3 Å². The van der Waals surface area contributed by atoms with E-state index in [-0.39, 0.29) is 12.1 Å². The molecule has 0 heterocycles. The van der Waals surface area contributed by atoms with Gasteiger partial charge in [-0.15, -0.1) is 0 Å². The van der Waals surface area contributed by atoms with E-state index < -0.39 is 0 Å². The first kappa shape index (κ1) is 17.9. The van der Waals surface area contributed by atoms with Gasteiger partial charge in [-0.1, -0.05) is 27.7 Å². The minimum absolute atomic E-state index is 0.170. The summed E-state index contributed by atoms with van der Waals surface area (Å²) in [7, 11) is 0. The van der Waals surface area contributed by atoms with Crippen LogP contribution in [0.25, 0.3) is 0 Å². The van der Waals surface area contributed by atoms with Crippen LogP contribution in [0, 0.1) is 11.3 Å². The van der Waals surface area contributed by atoms with Crippen molar-refractivity contribution in [2.75, 3.05) is 19.8 Å². The van der Waals surface area contributed by atoms with Gasteiger partial charge in [0.05, 0.1) is 12.7 Å². The molecule has 0 aromatic heterocycles. The summed E-state index contributed by atoms with van der Waals surface area (Å²) in [6.07, 6.45) is 6.00. The second-order valence-electron chi connectivity index (χ2n) is 7.80. The fourth-order valence-electron chi connectivity index (χ4n) is 3.49. The Morgan fingerprint density at radius 2 is 2.05 bits per heavy atom. The lowest BCUT2D eigenvalue weighted by molar-refractivity contribution is -0.0319. The summed E-state index contributed by atoms with van der Waals surface area (Å²) < 4.78 is 6.12. The quantitative estimate of drug-likeness (QED) is 0.718. The van der Waals surface area contributed by atoms with Gasteiger partial charge >= 0.3 is 0 Å². The molecule has 1 aliphatic rings. The highest BCUT2D eigenvalue weighted by atomic mass is 16.5. The Hall–Kier alpha value is -0.120. The van der Waals surface area contributed by atoms with Crippen LogP contribution in [0.3, 0.4) is 0 Å². The zero-order valence-electron chi connectivity index (χ0n) is 14.2. The second-order valence-corrected chi connectivity index (χ2v) is 7.80. The number of rotatable bonds is 8. The Kier molecular flexibility index (Phi) is 6.96. The summed E-state index contributed by atoms with van der Waals surface area (Å²) in [5, 5.41) is 13.0. The molecule has 3 nitrogen and oxygen atoms in total. The van der Waals surface area contributed by atoms with Crippen molar-refractivity contribution in [2.24, 2.45) is 11.3 Å². The first-order chi connectivity index (χ1) is 9.30. The van der Waals surface area contributed by atoms with Crippen molar-refractivity contribution in [3.63, 3.8) is 0 Å². The molecule has 3 heteroatoms. The minimum Gasteiger partial charge on any atom is -0.394 e. The Bertz CT molecular complexity index is 280. The van der Waals surface area contributed by atoms with E-state index in [0.29, 0.717) is 11.5 Å². The highest BCUT2D eigenvalue weighted by Crippen LogP contribution is 2.39. The second kappa shape index (κ2) is 7.77. The van der Waals surface area contributed by atoms with Gasteiger partial charge in [-0.25, -0.2) is 0 Å². The van der Waals surface area contributed by atoms with E-state index in [2.05, 4.69) is 39.9 Å². The maximum absolute atomic E-state index is 9.56. The van der Waals surface area contributed by atoms with Gasteiger partial charge in [-0.2, -0.15) is 0 Å². The molecular weight excluding hydrogens is 250 g/mol. The first-order valence-corrected chi connectivity index (χ1v) is 8.28. The zero-order valence-corrected chi connectivity index (χ0v) is 14.2. The normalized spacial score (nSPS) is 29.1. The average Bonchev–Trinajstić information content (AvgIpc) is 2.34. The lowest BCUT2D eigenvalue weighted by atomic mass is 9.71. The topological polar surface area (TPSA) is 41.5 Å². The summed E-state index contributed by atoms with van der Waals surface area (Å²) in [6, 6.07) is 0. The van der Waals surface area contributed by atoms with Crippen LogP contribution >= 0.6 is 0 Å². The van der Waals surface area contributed by atoms with Gasteiger partial charge in [0.25, 0.3) is 0 Å². The molecule has 3 atom stereocenters. The van der Waals surface area contributed by atoms with Crippen molar-refractivity contribution in [1.82, 2.24) is 5.32 Å². The Morgan fingerprint density at radius 3 is 2.60 bits per heavy atom. The van der Waals surface area contributed by atoms with E-state index in [1.165, 1.54) is 12.8 Å². The number of hydrogen-bond acceptors (Lipinski definition) is 3. The summed E-state index contributed by atoms with van der Waals surface area (Å²) >= 11 is 0. The fourth-order valence-corrected chi connectivity index (χ4v) is 3.49. The molecular formula is C17H35NO2. The predicted octanol–water partition coefficient (Wildman–Crippen LogP) is 3.36. The third-order valence-corrected chi connectivity index (χ3v) is 4.50. The minimum atomic E-state index is -0.203. The molecule has 0 spiro atoms. The van der Waals surface area contributed by atoms with Crippen LogP contribution in [0.2, 0.25) is 0 Å².